The Morgan fingerprint density at radius 1 is 1.47 bits per heavy atom. The predicted octanol–water partition coefficient (Wildman–Crippen LogP) is 0.484. The van der Waals surface area contributed by atoms with Gasteiger partial charge >= 0.3 is 5.22 Å². The topological polar surface area (TPSA) is 95.4 Å². The van der Waals surface area contributed by atoms with Gasteiger partial charge < -0.3 is 9.15 Å². The van der Waals surface area contributed by atoms with Gasteiger partial charge in [-0.05, 0) is 12.1 Å². The number of fused-ring (bicyclic) bond motifs is 1. The number of aromatic nitrogens is 1. The molecule has 1 heterocycles. The van der Waals surface area contributed by atoms with Crippen LogP contribution in [0.25, 0.3) is 11.1 Å². The molecule has 0 radical (unpaired) electrons. The number of rotatable bonds is 2. The number of primary sulfonamides is 1. The minimum absolute atomic E-state index is 0.318. The summed E-state index contributed by atoms with van der Waals surface area (Å²) in [5, 5.41) is 4.38. The summed E-state index contributed by atoms with van der Waals surface area (Å²) in [6, 6.07) is 4.78. The van der Waals surface area contributed by atoms with Crippen molar-refractivity contribution < 1.29 is 17.6 Å². The summed E-state index contributed by atoms with van der Waals surface area (Å²) in [5.41, 5.74) is 0.734. The van der Waals surface area contributed by atoms with Crippen LogP contribution in [0, 0.1) is 0 Å². The smallest absolute Gasteiger partial charge is 0.331 e. The van der Waals surface area contributed by atoms with E-state index in [0.29, 0.717) is 16.8 Å². The van der Waals surface area contributed by atoms with Gasteiger partial charge in [-0.1, -0.05) is 0 Å². The highest BCUT2D eigenvalue weighted by molar-refractivity contribution is 7.88. The van der Waals surface area contributed by atoms with E-state index in [1.807, 2.05) is 0 Å². The summed E-state index contributed by atoms with van der Waals surface area (Å²) in [5.74, 6) is 0.555. The van der Waals surface area contributed by atoms with Gasteiger partial charge in [-0.15, -0.1) is 0 Å². The number of sulfonamides is 1. The Morgan fingerprint density at radius 3 is 2.80 bits per heavy atom. The second-order valence-corrected chi connectivity index (χ2v) is 4.30. The quantitative estimate of drug-likeness (QED) is 0.806. The normalized spacial score (nSPS) is 11.9. The molecule has 1 aromatic carbocycles. The first-order valence-electron chi connectivity index (χ1n) is 3.98. The van der Waals surface area contributed by atoms with Crippen molar-refractivity contribution in [3.8, 4) is 5.75 Å². The first kappa shape index (κ1) is 9.94. The number of ether oxygens (including phenoxy) is 1. The Balaban J connectivity index is 2.66. The van der Waals surface area contributed by atoms with Crippen LogP contribution >= 0.6 is 0 Å². The predicted molar refractivity (Wildman–Crippen MR) is 51.9 cm³/mol. The molecule has 0 saturated heterocycles. The number of nitrogens with two attached hydrogens (primary N) is 1. The molecule has 0 aliphatic rings. The van der Waals surface area contributed by atoms with E-state index >= 15 is 0 Å². The molecule has 2 N–H and O–H groups in total. The summed E-state index contributed by atoms with van der Waals surface area (Å²) < 4.78 is 31.8. The van der Waals surface area contributed by atoms with Crippen molar-refractivity contribution in [3.05, 3.63) is 18.2 Å². The van der Waals surface area contributed by atoms with Crippen LogP contribution in [0.2, 0.25) is 0 Å². The molecule has 15 heavy (non-hydrogen) atoms. The van der Waals surface area contributed by atoms with Crippen LogP contribution in [0.1, 0.15) is 0 Å². The first-order chi connectivity index (χ1) is 7.00. The zero-order valence-corrected chi connectivity index (χ0v) is 8.61. The average Bonchev–Trinajstić information content (AvgIpc) is 2.59. The SMILES string of the molecule is COc1ccc2nc(S(N)(=O)=O)oc2c1. The van der Waals surface area contributed by atoms with Gasteiger partial charge in [0, 0.05) is 6.07 Å². The van der Waals surface area contributed by atoms with Crippen LogP contribution in [-0.4, -0.2) is 20.5 Å². The molecule has 0 spiro atoms. The third kappa shape index (κ3) is 1.79. The number of methoxy groups -OCH3 is 1. The standard InChI is InChI=1S/C8H8N2O4S/c1-13-5-2-3-6-7(4-5)14-8(10-6)15(9,11)12/h2-4H,1H3,(H2,9,11,12). The maximum absolute atomic E-state index is 10.9. The number of nitrogens with zero attached hydrogens (tertiary/aromatic N) is 1. The molecule has 2 aromatic rings. The van der Waals surface area contributed by atoms with Crippen LogP contribution < -0.4 is 9.88 Å². The summed E-state index contributed by atoms with van der Waals surface area (Å²) in [7, 11) is -2.40. The average molecular weight is 228 g/mol. The molecular formula is C8H8N2O4S. The summed E-state index contributed by atoms with van der Waals surface area (Å²) in [6.45, 7) is 0. The van der Waals surface area contributed by atoms with Gasteiger partial charge in [0.1, 0.15) is 11.3 Å². The molecule has 0 saturated carbocycles. The summed E-state index contributed by atoms with van der Waals surface area (Å²) >= 11 is 0. The van der Waals surface area contributed by atoms with E-state index in [9.17, 15) is 8.42 Å². The van der Waals surface area contributed by atoms with E-state index in [1.165, 1.54) is 13.2 Å². The molecule has 0 aliphatic carbocycles. The fourth-order valence-electron chi connectivity index (χ4n) is 1.13. The molecule has 0 aliphatic heterocycles. The Labute approximate surface area is 85.7 Å². The second kappa shape index (κ2) is 3.21. The molecule has 6 nitrogen and oxygen atoms in total. The van der Waals surface area contributed by atoms with Gasteiger partial charge in [-0.2, -0.15) is 4.98 Å². The van der Waals surface area contributed by atoms with E-state index in [-0.39, 0.29) is 0 Å². The van der Waals surface area contributed by atoms with Gasteiger partial charge in [-0.25, -0.2) is 13.6 Å². The lowest BCUT2D eigenvalue weighted by Crippen LogP contribution is -2.12. The fourth-order valence-corrected chi connectivity index (χ4v) is 1.56. The molecule has 0 amide bonds. The fraction of sp³-hybridized carbons (Fsp3) is 0.125. The molecule has 1 aromatic heterocycles. The molecule has 0 atom stereocenters. The van der Waals surface area contributed by atoms with Crippen molar-refractivity contribution in [1.82, 2.24) is 4.98 Å². The zero-order chi connectivity index (χ0) is 11.1. The van der Waals surface area contributed by atoms with Gasteiger partial charge in [-0.3, -0.25) is 0 Å². The molecule has 0 fully saturated rings. The molecule has 0 bridgehead atoms. The lowest BCUT2D eigenvalue weighted by molar-refractivity contribution is 0.412. The summed E-state index contributed by atoms with van der Waals surface area (Å²) in [4.78, 5) is 3.72. The maximum Gasteiger partial charge on any atom is 0.331 e. The van der Waals surface area contributed by atoms with Crippen molar-refractivity contribution in [2.75, 3.05) is 7.11 Å². The number of oxazole rings is 1. The molecular weight excluding hydrogens is 220 g/mol. The van der Waals surface area contributed by atoms with Crippen LogP contribution in [0.3, 0.4) is 0 Å². The lowest BCUT2D eigenvalue weighted by Gasteiger charge is -1.95. The Bertz CT molecular complexity index is 602. The van der Waals surface area contributed by atoms with E-state index in [1.54, 1.807) is 12.1 Å². The second-order valence-electron chi connectivity index (χ2n) is 2.86. The number of benzene rings is 1. The minimum Gasteiger partial charge on any atom is -0.497 e. The van der Waals surface area contributed by atoms with E-state index in [4.69, 9.17) is 14.3 Å². The minimum atomic E-state index is -3.90. The number of hydrogen-bond donors (Lipinski definition) is 1. The van der Waals surface area contributed by atoms with E-state index < -0.39 is 15.2 Å². The van der Waals surface area contributed by atoms with Crippen molar-refractivity contribution >= 4 is 21.1 Å². The highest BCUT2D eigenvalue weighted by atomic mass is 32.2. The molecule has 2 rings (SSSR count). The van der Waals surface area contributed by atoms with Crippen molar-refractivity contribution in [1.29, 1.82) is 0 Å². The molecule has 80 valence electrons. The highest BCUT2D eigenvalue weighted by Gasteiger charge is 2.16. The van der Waals surface area contributed by atoms with Crippen molar-refractivity contribution in [3.63, 3.8) is 0 Å². The molecule has 0 unspecified atom stereocenters. The third-order valence-corrected chi connectivity index (χ3v) is 2.48. The van der Waals surface area contributed by atoms with Gasteiger partial charge in [0.05, 0.1) is 7.11 Å². The zero-order valence-electron chi connectivity index (χ0n) is 7.80. The van der Waals surface area contributed by atoms with Gasteiger partial charge in [0.25, 0.3) is 10.0 Å². The highest BCUT2D eigenvalue weighted by Crippen LogP contribution is 2.22. The van der Waals surface area contributed by atoms with Crippen LogP contribution in [-0.2, 0) is 10.0 Å². The van der Waals surface area contributed by atoms with Gasteiger partial charge in [0.2, 0.25) is 0 Å². The van der Waals surface area contributed by atoms with Gasteiger partial charge in [0.15, 0.2) is 5.58 Å². The van der Waals surface area contributed by atoms with Crippen molar-refractivity contribution in [2.24, 2.45) is 5.14 Å². The maximum atomic E-state index is 10.9. The van der Waals surface area contributed by atoms with Crippen LogP contribution in [0.4, 0.5) is 0 Å². The van der Waals surface area contributed by atoms with Crippen LogP contribution in [0.15, 0.2) is 27.8 Å². The lowest BCUT2D eigenvalue weighted by atomic mass is 10.3. The number of hydrogen-bond acceptors (Lipinski definition) is 5. The molecule has 7 heteroatoms. The van der Waals surface area contributed by atoms with E-state index in [2.05, 4.69) is 4.98 Å². The Morgan fingerprint density at radius 2 is 2.20 bits per heavy atom. The van der Waals surface area contributed by atoms with E-state index in [0.717, 1.165) is 0 Å². The van der Waals surface area contributed by atoms with Crippen LogP contribution in [0.5, 0.6) is 5.75 Å². The first-order valence-corrected chi connectivity index (χ1v) is 5.53. The van der Waals surface area contributed by atoms with Crippen molar-refractivity contribution in [2.45, 2.75) is 5.22 Å². The Kier molecular flexibility index (Phi) is 2.13. The Hall–Kier alpha value is -1.60. The third-order valence-electron chi connectivity index (χ3n) is 1.82. The monoisotopic (exact) mass is 228 g/mol. The largest absolute Gasteiger partial charge is 0.497 e. The summed E-state index contributed by atoms with van der Waals surface area (Å²) in [6.07, 6.45) is 0.